The normalized spacial score (nSPS) is 18.6. The molecule has 0 spiro atoms. The highest BCUT2D eigenvalue weighted by atomic mass is 15.4. The maximum Gasteiger partial charge on any atom is 0.0964 e. The topological polar surface area (TPSA) is 46.0 Å². The smallest absolute Gasteiger partial charge is 0.0964 e. The third kappa shape index (κ3) is 4.15. The largest absolute Gasteiger partial charge is 0.314 e. The van der Waals surface area contributed by atoms with Gasteiger partial charge in [-0.15, -0.1) is 5.10 Å². The summed E-state index contributed by atoms with van der Waals surface area (Å²) in [5.41, 5.74) is 2.51. The molecule has 0 radical (unpaired) electrons. The van der Waals surface area contributed by atoms with Gasteiger partial charge >= 0.3 is 0 Å². The molecule has 1 saturated heterocycles. The van der Waals surface area contributed by atoms with Gasteiger partial charge in [0.2, 0.25) is 0 Å². The molecule has 5 nitrogen and oxygen atoms in total. The summed E-state index contributed by atoms with van der Waals surface area (Å²) in [4.78, 5) is 2.55. The number of hydrogen-bond acceptors (Lipinski definition) is 4. The van der Waals surface area contributed by atoms with E-state index in [-0.39, 0.29) is 0 Å². The third-order valence-electron chi connectivity index (χ3n) is 3.87. The van der Waals surface area contributed by atoms with Gasteiger partial charge in [0.15, 0.2) is 0 Å². The first-order chi connectivity index (χ1) is 9.72. The van der Waals surface area contributed by atoms with E-state index in [9.17, 15) is 0 Å². The first-order valence-electron chi connectivity index (χ1n) is 7.66. The minimum atomic E-state index is 0.514. The zero-order chi connectivity index (χ0) is 14.4. The molecule has 1 fully saturated rings. The Bertz CT molecular complexity index is 429. The highest BCUT2D eigenvalue weighted by Gasteiger charge is 2.21. The fraction of sp³-hybridized carbons (Fsp3) is 0.733. The highest BCUT2D eigenvalue weighted by molar-refractivity contribution is 5.01. The maximum absolute atomic E-state index is 4.27. The van der Waals surface area contributed by atoms with Crippen LogP contribution in [-0.2, 0) is 6.54 Å². The van der Waals surface area contributed by atoms with Crippen LogP contribution >= 0.6 is 0 Å². The van der Waals surface area contributed by atoms with Crippen molar-refractivity contribution in [1.82, 2.24) is 25.2 Å². The summed E-state index contributed by atoms with van der Waals surface area (Å²) in [5, 5.41) is 11.6. The molecule has 0 bridgehead atoms. The van der Waals surface area contributed by atoms with E-state index in [0.29, 0.717) is 6.04 Å². The van der Waals surface area contributed by atoms with Crippen LogP contribution in [0.25, 0.3) is 0 Å². The van der Waals surface area contributed by atoms with E-state index in [0.717, 1.165) is 38.3 Å². The van der Waals surface area contributed by atoms with E-state index in [1.165, 1.54) is 18.4 Å². The van der Waals surface area contributed by atoms with Gasteiger partial charge in [0.1, 0.15) is 0 Å². The second-order valence-corrected chi connectivity index (χ2v) is 5.69. The standard InChI is InChI=1S/C15H27N5/c1-4-5-13(2)11-19-8-6-15(7-9-19)20-12-14(10-16-3)17-18-20/h5,12,15-16H,4,6-11H2,1-3H3/b13-5+. The van der Waals surface area contributed by atoms with Crippen molar-refractivity contribution in [2.75, 3.05) is 26.7 Å². The number of allylic oxidation sites excluding steroid dienone is 1. The van der Waals surface area contributed by atoms with Gasteiger partial charge in [-0.1, -0.05) is 23.8 Å². The van der Waals surface area contributed by atoms with Crippen LogP contribution in [0.1, 0.15) is 44.8 Å². The summed E-state index contributed by atoms with van der Waals surface area (Å²) in [6.45, 7) is 8.64. The second-order valence-electron chi connectivity index (χ2n) is 5.69. The van der Waals surface area contributed by atoms with E-state index < -0.39 is 0 Å². The average Bonchev–Trinajstić information content (AvgIpc) is 2.89. The number of piperidine rings is 1. The molecule has 2 heterocycles. The van der Waals surface area contributed by atoms with Crippen LogP contribution in [0.5, 0.6) is 0 Å². The van der Waals surface area contributed by atoms with E-state index in [1.807, 2.05) is 7.05 Å². The Morgan fingerprint density at radius 2 is 2.20 bits per heavy atom. The molecule has 0 aromatic carbocycles. The lowest BCUT2D eigenvalue weighted by Gasteiger charge is -2.31. The van der Waals surface area contributed by atoms with E-state index in [2.05, 4.69) is 51.3 Å². The van der Waals surface area contributed by atoms with Crippen molar-refractivity contribution >= 4 is 0 Å². The molecule has 1 aromatic heterocycles. The Balaban J connectivity index is 1.82. The van der Waals surface area contributed by atoms with Gasteiger partial charge in [-0.05, 0) is 33.2 Å². The SMILES string of the molecule is CC/C=C(\C)CN1CCC(n2cc(CNC)nn2)CC1. The lowest BCUT2D eigenvalue weighted by Crippen LogP contribution is -2.35. The predicted octanol–water partition coefficient (Wildman–Crippen LogP) is 1.99. The number of likely N-dealkylation sites (tertiary alicyclic amines) is 1. The maximum atomic E-state index is 4.27. The number of aromatic nitrogens is 3. The molecule has 0 unspecified atom stereocenters. The van der Waals surface area contributed by atoms with Gasteiger partial charge in [0.25, 0.3) is 0 Å². The van der Waals surface area contributed by atoms with Crippen LogP contribution in [0, 0.1) is 0 Å². The van der Waals surface area contributed by atoms with Crippen molar-refractivity contribution in [1.29, 1.82) is 0 Å². The zero-order valence-corrected chi connectivity index (χ0v) is 13.0. The number of rotatable bonds is 6. The zero-order valence-electron chi connectivity index (χ0n) is 13.0. The van der Waals surface area contributed by atoms with E-state index in [1.54, 1.807) is 0 Å². The summed E-state index contributed by atoms with van der Waals surface area (Å²) >= 11 is 0. The van der Waals surface area contributed by atoms with Crippen molar-refractivity contribution < 1.29 is 0 Å². The lowest BCUT2D eigenvalue weighted by atomic mass is 10.0. The fourth-order valence-corrected chi connectivity index (χ4v) is 2.86. The fourth-order valence-electron chi connectivity index (χ4n) is 2.86. The Labute approximate surface area is 122 Å². The van der Waals surface area contributed by atoms with Crippen LogP contribution in [0.15, 0.2) is 17.8 Å². The van der Waals surface area contributed by atoms with Crippen molar-refractivity contribution in [2.24, 2.45) is 0 Å². The summed E-state index contributed by atoms with van der Waals surface area (Å²) in [5.74, 6) is 0. The molecule has 5 heteroatoms. The van der Waals surface area contributed by atoms with Crippen LogP contribution < -0.4 is 5.32 Å². The van der Waals surface area contributed by atoms with E-state index >= 15 is 0 Å². The van der Waals surface area contributed by atoms with Gasteiger partial charge in [-0.3, -0.25) is 4.90 Å². The van der Waals surface area contributed by atoms with Gasteiger partial charge < -0.3 is 5.32 Å². The van der Waals surface area contributed by atoms with E-state index in [4.69, 9.17) is 0 Å². The number of nitrogens with zero attached hydrogens (tertiary/aromatic N) is 4. The molecule has 0 saturated carbocycles. The minimum Gasteiger partial charge on any atom is -0.314 e. The van der Waals surface area contributed by atoms with Gasteiger partial charge in [-0.25, -0.2) is 4.68 Å². The van der Waals surface area contributed by atoms with Crippen LogP contribution in [0.2, 0.25) is 0 Å². The summed E-state index contributed by atoms with van der Waals surface area (Å²) in [6.07, 6.45) is 7.88. The van der Waals surface area contributed by atoms with Gasteiger partial charge in [0.05, 0.1) is 17.9 Å². The molecule has 112 valence electrons. The summed E-state index contributed by atoms with van der Waals surface area (Å²) < 4.78 is 2.05. The predicted molar refractivity (Wildman–Crippen MR) is 81.5 cm³/mol. The Kier molecular flexibility index (Phi) is 5.73. The second kappa shape index (κ2) is 7.55. The van der Waals surface area contributed by atoms with Crippen molar-refractivity contribution in [3.05, 3.63) is 23.5 Å². The first kappa shape index (κ1) is 15.2. The van der Waals surface area contributed by atoms with Crippen molar-refractivity contribution in [3.8, 4) is 0 Å². The average molecular weight is 277 g/mol. The van der Waals surface area contributed by atoms with Gasteiger partial charge in [0, 0.05) is 26.2 Å². The molecule has 1 aromatic rings. The van der Waals surface area contributed by atoms with Crippen molar-refractivity contribution in [2.45, 2.75) is 45.7 Å². The summed E-state index contributed by atoms with van der Waals surface area (Å²) in [6, 6.07) is 0.514. The lowest BCUT2D eigenvalue weighted by molar-refractivity contribution is 0.190. The summed E-state index contributed by atoms with van der Waals surface area (Å²) in [7, 11) is 1.93. The quantitative estimate of drug-likeness (QED) is 0.808. The molecule has 1 aliphatic heterocycles. The molecule has 0 aliphatic carbocycles. The van der Waals surface area contributed by atoms with Crippen molar-refractivity contribution in [3.63, 3.8) is 0 Å². The van der Waals surface area contributed by atoms with Crippen LogP contribution in [-0.4, -0.2) is 46.6 Å². The van der Waals surface area contributed by atoms with Gasteiger partial charge in [-0.2, -0.15) is 0 Å². The minimum absolute atomic E-state index is 0.514. The Morgan fingerprint density at radius 3 is 2.85 bits per heavy atom. The molecule has 0 amide bonds. The number of nitrogens with one attached hydrogen (secondary N) is 1. The molecule has 20 heavy (non-hydrogen) atoms. The van der Waals surface area contributed by atoms with Crippen LogP contribution in [0.3, 0.4) is 0 Å². The molecule has 1 aliphatic rings. The Hall–Kier alpha value is -1.20. The molecule has 1 N–H and O–H groups in total. The van der Waals surface area contributed by atoms with Crippen LogP contribution in [0.4, 0.5) is 0 Å². The third-order valence-corrected chi connectivity index (χ3v) is 3.87. The monoisotopic (exact) mass is 277 g/mol. The molecular weight excluding hydrogens is 250 g/mol. The Morgan fingerprint density at radius 1 is 1.45 bits per heavy atom. The molecular formula is C15H27N5. The highest BCUT2D eigenvalue weighted by Crippen LogP contribution is 2.22. The number of hydrogen-bond donors (Lipinski definition) is 1. The first-order valence-corrected chi connectivity index (χ1v) is 7.66. The molecule has 0 atom stereocenters. The molecule has 2 rings (SSSR count).